The molecule has 3 rings (SSSR count). The molecule has 1 aliphatic carbocycles. The van der Waals surface area contributed by atoms with Crippen LogP contribution in [0.25, 0.3) is 6.08 Å². The van der Waals surface area contributed by atoms with Crippen molar-refractivity contribution in [2.24, 2.45) is 0 Å². The van der Waals surface area contributed by atoms with Crippen LogP contribution in [0.3, 0.4) is 0 Å². The minimum Gasteiger partial charge on any atom is -0.508 e. The van der Waals surface area contributed by atoms with E-state index < -0.39 is 55.5 Å². The third-order valence-electron chi connectivity index (χ3n) is 5.36. The lowest BCUT2D eigenvalue weighted by Crippen LogP contribution is -2.61. The largest absolute Gasteiger partial charge is 0.508 e. The first-order valence-corrected chi connectivity index (χ1v) is 10.0. The van der Waals surface area contributed by atoms with Crippen LogP contribution < -0.4 is 0 Å². The smallest absolute Gasteiger partial charge is 0.331 e. The van der Waals surface area contributed by atoms with Gasteiger partial charge in [-0.2, -0.15) is 0 Å². The van der Waals surface area contributed by atoms with Crippen LogP contribution in [0.5, 0.6) is 5.75 Å². The van der Waals surface area contributed by atoms with Gasteiger partial charge in [-0.1, -0.05) is 25.0 Å². The van der Waals surface area contributed by atoms with E-state index in [4.69, 9.17) is 14.2 Å². The fraction of sp³-hybridized carbons (Fsp3) is 0.571. The molecule has 2 aliphatic rings. The minimum atomic E-state index is -1.55. The average molecular weight is 424 g/mol. The van der Waals surface area contributed by atoms with Gasteiger partial charge in [0.1, 0.15) is 24.1 Å². The lowest BCUT2D eigenvalue weighted by atomic mass is 9.94. The van der Waals surface area contributed by atoms with Crippen molar-refractivity contribution in [2.75, 3.05) is 6.61 Å². The highest BCUT2D eigenvalue weighted by Crippen LogP contribution is 2.29. The maximum atomic E-state index is 12.3. The topological polar surface area (TPSA) is 146 Å². The summed E-state index contributed by atoms with van der Waals surface area (Å²) in [4.78, 5) is 12.3. The number of phenolic OH excluding ortho intramolecular Hbond substituents is 1. The molecule has 9 heteroatoms. The van der Waals surface area contributed by atoms with E-state index in [-0.39, 0.29) is 5.75 Å². The summed E-state index contributed by atoms with van der Waals surface area (Å²) in [5, 5.41) is 49.5. The molecular formula is C21H28O9. The van der Waals surface area contributed by atoms with Crippen LogP contribution in [0.1, 0.15) is 31.2 Å². The van der Waals surface area contributed by atoms with Crippen molar-refractivity contribution < 1.29 is 44.5 Å². The summed E-state index contributed by atoms with van der Waals surface area (Å²) in [5.41, 5.74) is 0.642. The fourth-order valence-corrected chi connectivity index (χ4v) is 3.62. The van der Waals surface area contributed by atoms with Crippen LogP contribution in [-0.4, -0.2) is 81.0 Å². The Morgan fingerprint density at radius 3 is 2.47 bits per heavy atom. The molecule has 5 N–H and O–H groups in total. The quantitative estimate of drug-likeness (QED) is 0.316. The normalized spacial score (nSPS) is 34.7. The van der Waals surface area contributed by atoms with Gasteiger partial charge in [0.25, 0.3) is 0 Å². The van der Waals surface area contributed by atoms with E-state index in [1.807, 2.05) is 0 Å². The average Bonchev–Trinajstić information content (AvgIpc) is 2.74. The van der Waals surface area contributed by atoms with Gasteiger partial charge in [0.05, 0.1) is 18.8 Å². The van der Waals surface area contributed by atoms with Crippen molar-refractivity contribution >= 4 is 12.0 Å². The van der Waals surface area contributed by atoms with Gasteiger partial charge >= 0.3 is 5.97 Å². The van der Waals surface area contributed by atoms with E-state index in [0.717, 1.165) is 18.9 Å². The van der Waals surface area contributed by atoms with Gasteiger partial charge < -0.3 is 39.7 Å². The maximum absolute atomic E-state index is 12.3. The number of carbonyl (C=O) groups is 1. The van der Waals surface area contributed by atoms with Crippen LogP contribution in [0.2, 0.25) is 0 Å². The van der Waals surface area contributed by atoms with Gasteiger partial charge in [-0.3, -0.25) is 0 Å². The lowest BCUT2D eigenvalue weighted by molar-refractivity contribution is -0.320. The van der Waals surface area contributed by atoms with E-state index in [2.05, 4.69) is 0 Å². The van der Waals surface area contributed by atoms with Crippen LogP contribution in [-0.2, 0) is 19.0 Å². The highest BCUT2D eigenvalue weighted by atomic mass is 16.7. The van der Waals surface area contributed by atoms with Gasteiger partial charge in [0, 0.05) is 6.08 Å². The molecule has 0 spiro atoms. The van der Waals surface area contributed by atoms with Gasteiger partial charge in [-0.25, -0.2) is 4.79 Å². The monoisotopic (exact) mass is 424 g/mol. The Morgan fingerprint density at radius 2 is 1.80 bits per heavy atom. The Kier molecular flexibility index (Phi) is 7.81. The molecule has 0 unspecified atom stereocenters. The van der Waals surface area contributed by atoms with Crippen molar-refractivity contribution in [2.45, 2.75) is 68.6 Å². The van der Waals surface area contributed by atoms with Crippen LogP contribution in [0.4, 0.5) is 0 Å². The number of esters is 1. The van der Waals surface area contributed by atoms with Crippen molar-refractivity contribution in [3.63, 3.8) is 0 Å². The number of carbonyl (C=O) groups excluding carboxylic acids is 1. The standard InChI is InChI=1S/C21H28O9/c22-11-16-18(26)19(27)20(21(29-16)28-15-4-2-1-3-14(15)24)30-17(25)10-7-12-5-8-13(23)9-6-12/h5-10,14-16,18-24,26-27H,1-4,11H2/t14-,15+,16+,18+,19+,20+,21+/m0/s1. The van der Waals surface area contributed by atoms with Crippen molar-refractivity contribution in [3.05, 3.63) is 35.9 Å². The van der Waals surface area contributed by atoms with Gasteiger partial charge in [0.2, 0.25) is 0 Å². The molecule has 0 aromatic heterocycles. The zero-order valence-electron chi connectivity index (χ0n) is 16.4. The summed E-state index contributed by atoms with van der Waals surface area (Å²) in [7, 11) is 0. The van der Waals surface area contributed by atoms with Crippen LogP contribution >= 0.6 is 0 Å². The van der Waals surface area contributed by atoms with Gasteiger partial charge in [-0.15, -0.1) is 0 Å². The number of aliphatic hydroxyl groups is 4. The molecule has 9 nitrogen and oxygen atoms in total. The summed E-state index contributed by atoms with van der Waals surface area (Å²) in [5.74, 6) is -0.710. The molecule has 1 saturated carbocycles. The molecule has 0 amide bonds. The first-order valence-electron chi connectivity index (χ1n) is 10.0. The summed E-state index contributed by atoms with van der Waals surface area (Å²) in [6.07, 6.45) is -2.59. The van der Waals surface area contributed by atoms with Crippen molar-refractivity contribution in [1.29, 1.82) is 0 Å². The number of benzene rings is 1. The van der Waals surface area contributed by atoms with E-state index in [1.54, 1.807) is 12.1 Å². The molecule has 1 aliphatic heterocycles. The fourth-order valence-electron chi connectivity index (χ4n) is 3.62. The maximum Gasteiger partial charge on any atom is 0.331 e. The molecule has 1 heterocycles. The molecular weight excluding hydrogens is 396 g/mol. The Bertz CT molecular complexity index is 720. The summed E-state index contributed by atoms with van der Waals surface area (Å²) in [6, 6.07) is 6.14. The van der Waals surface area contributed by atoms with E-state index in [9.17, 15) is 30.3 Å². The van der Waals surface area contributed by atoms with Crippen molar-refractivity contribution in [3.8, 4) is 5.75 Å². The molecule has 2 fully saturated rings. The molecule has 1 aromatic rings. The number of aliphatic hydroxyl groups excluding tert-OH is 4. The zero-order chi connectivity index (χ0) is 21.7. The highest BCUT2D eigenvalue weighted by Gasteiger charge is 2.48. The Balaban J connectivity index is 1.70. The highest BCUT2D eigenvalue weighted by molar-refractivity contribution is 5.87. The second-order valence-electron chi connectivity index (χ2n) is 7.56. The number of ether oxygens (including phenoxy) is 3. The van der Waals surface area contributed by atoms with Gasteiger partial charge in [0.15, 0.2) is 12.4 Å². The first kappa shape index (κ1) is 22.7. The second kappa shape index (κ2) is 10.3. The number of hydrogen-bond acceptors (Lipinski definition) is 9. The SMILES string of the molecule is O=C(C=Cc1ccc(O)cc1)O[C@H]1[C@H](O[C@@H]2CCCC[C@@H]2O)O[C@H](CO)[C@@H](O)[C@H]1O. The minimum absolute atomic E-state index is 0.0921. The number of aromatic hydroxyl groups is 1. The molecule has 0 radical (unpaired) electrons. The lowest BCUT2D eigenvalue weighted by Gasteiger charge is -2.43. The van der Waals surface area contributed by atoms with Crippen molar-refractivity contribution in [1.82, 2.24) is 0 Å². The summed E-state index contributed by atoms with van der Waals surface area (Å²) >= 11 is 0. The van der Waals surface area contributed by atoms with Crippen LogP contribution in [0, 0.1) is 0 Å². The first-order chi connectivity index (χ1) is 14.4. The Morgan fingerprint density at radius 1 is 1.10 bits per heavy atom. The predicted octanol–water partition coefficient (Wildman–Crippen LogP) is 0.0763. The molecule has 1 aromatic carbocycles. The number of rotatable bonds is 6. The molecule has 30 heavy (non-hydrogen) atoms. The summed E-state index contributed by atoms with van der Waals surface area (Å²) < 4.78 is 16.6. The second-order valence-corrected chi connectivity index (χ2v) is 7.56. The predicted molar refractivity (Wildman–Crippen MR) is 104 cm³/mol. The van der Waals surface area contributed by atoms with E-state index in [0.29, 0.717) is 18.4 Å². The molecule has 0 bridgehead atoms. The summed E-state index contributed by atoms with van der Waals surface area (Å²) in [6.45, 7) is -0.563. The van der Waals surface area contributed by atoms with E-state index in [1.165, 1.54) is 18.2 Å². The van der Waals surface area contributed by atoms with E-state index >= 15 is 0 Å². The molecule has 1 saturated heterocycles. The number of hydrogen-bond donors (Lipinski definition) is 5. The molecule has 166 valence electrons. The number of phenols is 1. The Hall–Kier alpha value is -2.01. The third kappa shape index (κ3) is 5.57. The van der Waals surface area contributed by atoms with Crippen LogP contribution in [0.15, 0.2) is 30.3 Å². The zero-order valence-corrected chi connectivity index (χ0v) is 16.4. The third-order valence-corrected chi connectivity index (χ3v) is 5.36. The Labute approximate surface area is 174 Å². The van der Waals surface area contributed by atoms with Gasteiger partial charge in [-0.05, 0) is 36.6 Å². The molecule has 7 atom stereocenters.